The third-order valence-electron chi connectivity index (χ3n) is 3.86. The zero-order valence-electron chi connectivity index (χ0n) is 15.4. The van der Waals surface area contributed by atoms with Crippen LogP contribution in [0.1, 0.15) is 22.8 Å². The number of hydrogen-bond acceptors (Lipinski definition) is 6. The van der Waals surface area contributed by atoms with Crippen LogP contribution in [0.5, 0.6) is 0 Å². The quantitative estimate of drug-likeness (QED) is 0.406. The monoisotopic (exact) mass is 383 g/mol. The first-order chi connectivity index (χ1) is 13.5. The van der Waals surface area contributed by atoms with Gasteiger partial charge in [0.2, 0.25) is 0 Å². The van der Waals surface area contributed by atoms with Crippen molar-refractivity contribution < 1.29 is 19.1 Å². The molecule has 0 aliphatic heterocycles. The van der Waals surface area contributed by atoms with Crippen LogP contribution in [0.3, 0.4) is 0 Å². The van der Waals surface area contributed by atoms with Crippen LogP contribution >= 0.6 is 0 Å². The van der Waals surface area contributed by atoms with Crippen molar-refractivity contribution in [3.63, 3.8) is 0 Å². The number of carbonyl (C=O) groups excluding carboxylic acids is 3. The molecule has 1 unspecified atom stereocenters. The molecule has 1 atom stereocenters. The number of amides is 2. The zero-order valence-corrected chi connectivity index (χ0v) is 15.4. The molecule has 2 rings (SSSR count). The van der Waals surface area contributed by atoms with Crippen LogP contribution in [-0.2, 0) is 20.7 Å². The summed E-state index contributed by atoms with van der Waals surface area (Å²) in [5, 5.41) is 5.72. The Bertz CT molecular complexity index is 811. The van der Waals surface area contributed by atoms with Crippen LogP contribution in [0.25, 0.3) is 0 Å². The fourth-order valence-electron chi connectivity index (χ4n) is 2.54. The van der Waals surface area contributed by atoms with Crippen molar-refractivity contribution in [2.45, 2.75) is 19.4 Å². The van der Waals surface area contributed by atoms with Crippen molar-refractivity contribution in [2.24, 2.45) is 5.29 Å². The normalized spacial score (nSPS) is 11.2. The van der Waals surface area contributed by atoms with Gasteiger partial charge in [0.1, 0.15) is 12.6 Å². The average molecular weight is 383 g/mol. The third-order valence-corrected chi connectivity index (χ3v) is 3.86. The minimum atomic E-state index is -1.08. The molecule has 146 valence electrons. The van der Waals surface area contributed by atoms with Gasteiger partial charge in [-0.1, -0.05) is 48.5 Å². The van der Waals surface area contributed by atoms with E-state index in [4.69, 9.17) is 4.74 Å². The average Bonchev–Trinajstić information content (AvgIpc) is 2.72. The van der Waals surface area contributed by atoms with Gasteiger partial charge in [0.05, 0.1) is 11.9 Å². The molecular weight excluding hydrogens is 362 g/mol. The number of nitroso groups, excluding NO2 is 1. The van der Waals surface area contributed by atoms with Crippen LogP contribution in [0.2, 0.25) is 0 Å². The summed E-state index contributed by atoms with van der Waals surface area (Å²) in [4.78, 5) is 48.1. The molecule has 2 aromatic rings. The standard InChI is InChI=1S/C20H21N3O5/c1-2-28-18(24)14-23(22-27)20(26)17(13-15-9-5-3-6-10-15)21-19(25)16-11-7-4-8-12-16/h3-12,17H,2,13-14H2,1H3,(H,21,25). The first kappa shape index (κ1) is 20.8. The molecule has 28 heavy (non-hydrogen) atoms. The lowest BCUT2D eigenvalue weighted by Crippen LogP contribution is -2.49. The second kappa shape index (κ2) is 10.6. The van der Waals surface area contributed by atoms with E-state index in [0.29, 0.717) is 10.6 Å². The highest BCUT2D eigenvalue weighted by atomic mass is 16.5. The minimum Gasteiger partial charge on any atom is -0.465 e. The Morgan fingerprint density at radius 3 is 2.21 bits per heavy atom. The van der Waals surface area contributed by atoms with E-state index in [-0.39, 0.29) is 13.0 Å². The van der Waals surface area contributed by atoms with Crippen molar-refractivity contribution in [1.29, 1.82) is 0 Å². The Hall–Kier alpha value is -3.55. The van der Waals surface area contributed by atoms with Gasteiger partial charge < -0.3 is 10.1 Å². The number of rotatable bonds is 9. The molecule has 0 aliphatic carbocycles. The number of nitrogens with one attached hydrogen (secondary N) is 1. The highest BCUT2D eigenvalue weighted by molar-refractivity contribution is 5.97. The zero-order chi connectivity index (χ0) is 20.4. The van der Waals surface area contributed by atoms with Gasteiger partial charge in [-0.15, -0.1) is 4.91 Å². The van der Waals surface area contributed by atoms with E-state index in [0.717, 1.165) is 5.56 Å². The molecule has 8 nitrogen and oxygen atoms in total. The molecule has 2 aromatic carbocycles. The Kier molecular flexibility index (Phi) is 7.83. The number of carbonyl (C=O) groups is 3. The molecule has 0 spiro atoms. The van der Waals surface area contributed by atoms with E-state index < -0.39 is 30.4 Å². The molecule has 2 amide bonds. The summed E-state index contributed by atoms with van der Waals surface area (Å²) in [6, 6.07) is 16.3. The first-order valence-electron chi connectivity index (χ1n) is 8.75. The van der Waals surface area contributed by atoms with E-state index in [2.05, 4.69) is 10.6 Å². The predicted molar refractivity (Wildman–Crippen MR) is 102 cm³/mol. The number of nitrogens with zero attached hydrogens (tertiary/aromatic N) is 2. The first-order valence-corrected chi connectivity index (χ1v) is 8.75. The highest BCUT2D eigenvalue weighted by Crippen LogP contribution is 2.09. The molecule has 0 bridgehead atoms. The maximum atomic E-state index is 12.8. The number of esters is 1. The van der Waals surface area contributed by atoms with Crippen LogP contribution < -0.4 is 5.32 Å². The van der Waals surface area contributed by atoms with E-state index >= 15 is 0 Å². The molecule has 0 radical (unpaired) electrons. The summed E-state index contributed by atoms with van der Waals surface area (Å²) in [7, 11) is 0. The number of benzene rings is 2. The third kappa shape index (κ3) is 6.01. The van der Waals surface area contributed by atoms with Crippen molar-refractivity contribution in [2.75, 3.05) is 13.2 Å². The Morgan fingerprint density at radius 2 is 1.64 bits per heavy atom. The lowest BCUT2D eigenvalue weighted by molar-refractivity contribution is -0.149. The minimum absolute atomic E-state index is 0.109. The fraction of sp³-hybridized carbons (Fsp3) is 0.250. The van der Waals surface area contributed by atoms with Crippen LogP contribution in [0.15, 0.2) is 65.9 Å². The lowest BCUT2D eigenvalue weighted by Gasteiger charge is -2.22. The predicted octanol–water partition coefficient (Wildman–Crippen LogP) is 2.10. The topological polar surface area (TPSA) is 105 Å². The summed E-state index contributed by atoms with van der Waals surface area (Å²) in [6.45, 7) is 1.09. The van der Waals surface area contributed by atoms with Gasteiger partial charge in [-0.05, 0) is 24.6 Å². The van der Waals surface area contributed by atoms with E-state index in [1.165, 1.54) is 0 Å². The van der Waals surface area contributed by atoms with Crippen LogP contribution in [0.4, 0.5) is 0 Å². The molecular formula is C20H21N3O5. The summed E-state index contributed by atoms with van der Waals surface area (Å²) in [5.74, 6) is -2.03. The maximum absolute atomic E-state index is 12.8. The van der Waals surface area contributed by atoms with Gasteiger partial charge >= 0.3 is 5.97 Å². The Morgan fingerprint density at radius 1 is 1.04 bits per heavy atom. The van der Waals surface area contributed by atoms with Crippen LogP contribution in [0, 0.1) is 4.91 Å². The summed E-state index contributed by atoms with van der Waals surface area (Å²) in [5.41, 5.74) is 1.14. The Labute approximate surface area is 162 Å². The van der Waals surface area contributed by atoms with E-state index in [1.807, 2.05) is 6.07 Å². The van der Waals surface area contributed by atoms with Gasteiger partial charge in [-0.25, -0.2) is 0 Å². The van der Waals surface area contributed by atoms with Gasteiger partial charge in [0, 0.05) is 12.0 Å². The molecule has 0 heterocycles. The smallest absolute Gasteiger partial charge is 0.328 e. The Balaban J connectivity index is 2.20. The second-order valence-corrected chi connectivity index (χ2v) is 5.86. The SMILES string of the molecule is CCOC(=O)CN(N=O)C(=O)C(Cc1ccccc1)NC(=O)c1ccccc1. The van der Waals surface area contributed by atoms with Crippen molar-refractivity contribution in [1.82, 2.24) is 10.3 Å². The van der Waals surface area contributed by atoms with Gasteiger partial charge in [0.25, 0.3) is 11.8 Å². The summed E-state index contributed by atoms with van der Waals surface area (Å²) in [6.07, 6.45) is 0.132. The second-order valence-electron chi connectivity index (χ2n) is 5.86. The summed E-state index contributed by atoms with van der Waals surface area (Å²) < 4.78 is 4.75. The molecule has 0 aromatic heterocycles. The van der Waals surface area contributed by atoms with Crippen molar-refractivity contribution in [3.8, 4) is 0 Å². The highest BCUT2D eigenvalue weighted by Gasteiger charge is 2.29. The largest absolute Gasteiger partial charge is 0.465 e. The molecule has 0 fully saturated rings. The number of hydrogen-bond donors (Lipinski definition) is 1. The lowest BCUT2D eigenvalue weighted by atomic mass is 10.0. The van der Waals surface area contributed by atoms with Gasteiger partial charge in [-0.2, -0.15) is 5.01 Å². The molecule has 0 aliphatic rings. The molecule has 0 saturated heterocycles. The van der Waals surface area contributed by atoms with Crippen molar-refractivity contribution >= 4 is 17.8 Å². The van der Waals surface area contributed by atoms with Gasteiger partial charge in [0.15, 0.2) is 0 Å². The molecule has 1 N–H and O–H groups in total. The van der Waals surface area contributed by atoms with E-state index in [9.17, 15) is 19.3 Å². The molecule has 8 heteroatoms. The van der Waals surface area contributed by atoms with Crippen LogP contribution in [-0.4, -0.2) is 42.0 Å². The van der Waals surface area contributed by atoms with E-state index in [1.54, 1.807) is 61.5 Å². The fourth-order valence-corrected chi connectivity index (χ4v) is 2.54. The number of ether oxygens (including phenoxy) is 1. The molecule has 0 saturated carbocycles. The van der Waals surface area contributed by atoms with Gasteiger partial charge in [-0.3, -0.25) is 14.4 Å². The van der Waals surface area contributed by atoms with Crippen molar-refractivity contribution in [3.05, 3.63) is 76.7 Å². The summed E-state index contributed by atoms with van der Waals surface area (Å²) >= 11 is 0. The maximum Gasteiger partial charge on any atom is 0.328 e.